The third kappa shape index (κ3) is 1.29. The van der Waals surface area contributed by atoms with Crippen LogP contribution in [0.25, 0.3) is 0 Å². The van der Waals surface area contributed by atoms with Gasteiger partial charge < -0.3 is 10.2 Å². The molecule has 3 nitrogen and oxygen atoms in total. The van der Waals surface area contributed by atoms with Crippen molar-refractivity contribution in [1.29, 1.82) is 0 Å². The number of hydrogen-bond acceptors (Lipinski definition) is 3. The van der Waals surface area contributed by atoms with Gasteiger partial charge in [-0.25, -0.2) is 0 Å². The lowest BCUT2D eigenvalue weighted by atomic mass is 9.85. The number of nitrogens with zero attached hydrogens (tertiary/aromatic N) is 1. The van der Waals surface area contributed by atoms with Crippen LogP contribution in [-0.4, -0.2) is 15.2 Å². The standard InChI is InChI=1S/C10H13NO2/c1-6-2-3-8(13)10-9(6)7(12)4-5-11-10/h4-6,8,13H,2-3H2,1H3,(H,11,12)/t6-,8-/m1/s1. The average molecular weight is 179 g/mol. The molecule has 2 rings (SSSR count). The molecule has 0 aliphatic heterocycles. The summed E-state index contributed by atoms with van der Waals surface area (Å²) < 4.78 is 0. The third-order valence-electron chi connectivity index (χ3n) is 2.68. The van der Waals surface area contributed by atoms with Crippen LogP contribution in [0.2, 0.25) is 0 Å². The lowest BCUT2D eigenvalue weighted by Crippen LogP contribution is -2.14. The van der Waals surface area contributed by atoms with Gasteiger partial charge in [-0.15, -0.1) is 0 Å². The molecule has 70 valence electrons. The normalized spacial score (nSPS) is 26.9. The molecule has 0 saturated heterocycles. The molecule has 0 spiro atoms. The van der Waals surface area contributed by atoms with Crippen LogP contribution in [0.1, 0.15) is 43.0 Å². The second-order valence-electron chi connectivity index (χ2n) is 3.62. The van der Waals surface area contributed by atoms with Gasteiger partial charge in [0.1, 0.15) is 5.75 Å². The van der Waals surface area contributed by atoms with E-state index in [1.807, 2.05) is 6.92 Å². The molecule has 0 saturated carbocycles. The monoisotopic (exact) mass is 179 g/mol. The summed E-state index contributed by atoms with van der Waals surface area (Å²) in [5, 5.41) is 19.2. The minimum Gasteiger partial charge on any atom is -0.508 e. The van der Waals surface area contributed by atoms with Gasteiger partial charge in [0.05, 0.1) is 11.8 Å². The highest BCUT2D eigenvalue weighted by Gasteiger charge is 2.26. The first kappa shape index (κ1) is 8.51. The molecule has 0 unspecified atom stereocenters. The van der Waals surface area contributed by atoms with Gasteiger partial charge in [0.2, 0.25) is 0 Å². The van der Waals surface area contributed by atoms with Crippen molar-refractivity contribution in [2.75, 3.05) is 0 Å². The molecule has 1 aromatic heterocycles. The van der Waals surface area contributed by atoms with Gasteiger partial charge in [0.25, 0.3) is 0 Å². The van der Waals surface area contributed by atoms with Gasteiger partial charge in [-0.3, -0.25) is 4.98 Å². The predicted octanol–water partition coefficient (Wildman–Crippen LogP) is 1.72. The maximum atomic E-state index is 9.63. The first-order chi connectivity index (χ1) is 6.20. The second kappa shape index (κ2) is 3.00. The molecule has 0 fully saturated rings. The zero-order chi connectivity index (χ0) is 9.42. The summed E-state index contributed by atoms with van der Waals surface area (Å²) in [6, 6.07) is 1.58. The number of aliphatic hydroxyl groups excluding tert-OH is 1. The Balaban J connectivity index is 2.56. The molecule has 1 aliphatic rings. The fourth-order valence-electron chi connectivity index (χ4n) is 1.94. The van der Waals surface area contributed by atoms with Crippen LogP contribution in [0.4, 0.5) is 0 Å². The number of hydrogen-bond donors (Lipinski definition) is 2. The van der Waals surface area contributed by atoms with Crippen molar-refractivity contribution in [1.82, 2.24) is 4.98 Å². The van der Waals surface area contributed by atoms with Gasteiger partial charge in [-0.05, 0) is 24.8 Å². The molecule has 0 aromatic carbocycles. The van der Waals surface area contributed by atoms with Gasteiger partial charge in [-0.2, -0.15) is 0 Å². The summed E-state index contributed by atoms with van der Waals surface area (Å²) in [5.41, 5.74) is 1.47. The predicted molar refractivity (Wildman–Crippen MR) is 48.5 cm³/mol. The van der Waals surface area contributed by atoms with Crippen molar-refractivity contribution >= 4 is 0 Å². The first-order valence-electron chi connectivity index (χ1n) is 4.56. The topological polar surface area (TPSA) is 53.4 Å². The summed E-state index contributed by atoms with van der Waals surface area (Å²) in [6.45, 7) is 2.05. The molecule has 0 bridgehead atoms. The number of aliphatic hydroxyl groups is 1. The summed E-state index contributed by atoms with van der Waals surface area (Å²) in [5.74, 6) is 0.559. The Morgan fingerprint density at radius 1 is 1.46 bits per heavy atom. The van der Waals surface area contributed by atoms with E-state index < -0.39 is 6.10 Å². The highest BCUT2D eigenvalue weighted by Crippen LogP contribution is 2.40. The zero-order valence-electron chi connectivity index (χ0n) is 7.57. The molecule has 1 heterocycles. The van der Waals surface area contributed by atoms with Gasteiger partial charge in [0.15, 0.2) is 0 Å². The van der Waals surface area contributed by atoms with E-state index in [4.69, 9.17) is 0 Å². The largest absolute Gasteiger partial charge is 0.508 e. The van der Waals surface area contributed by atoms with E-state index in [0.717, 1.165) is 18.4 Å². The maximum absolute atomic E-state index is 9.63. The van der Waals surface area contributed by atoms with Crippen LogP contribution in [0.3, 0.4) is 0 Å². The van der Waals surface area contributed by atoms with E-state index in [1.54, 1.807) is 6.07 Å². The first-order valence-corrected chi connectivity index (χ1v) is 4.56. The molecule has 3 heteroatoms. The van der Waals surface area contributed by atoms with Crippen molar-refractivity contribution < 1.29 is 10.2 Å². The Bertz CT molecular complexity index is 325. The van der Waals surface area contributed by atoms with Crippen LogP contribution < -0.4 is 0 Å². The number of rotatable bonds is 0. The van der Waals surface area contributed by atoms with Crippen molar-refractivity contribution in [2.24, 2.45) is 0 Å². The molecule has 2 atom stereocenters. The van der Waals surface area contributed by atoms with Crippen LogP contribution >= 0.6 is 0 Å². The average Bonchev–Trinajstić information content (AvgIpc) is 2.12. The molecular weight excluding hydrogens is 166 g/mol. The summed E-state index contributed by atoms with van der Waals surface area (Å²) in [4.78, 5) is 4.10. The third-order valence-corrected chi connectivity index (χ3v) is 2.68. The Morgan fingerprint density at radius 2 is 2.23 bits per heavy atom. The summed E-state index contributed by atoms with van der Waals surface area (Å²) in [6.07, 6.45) is 2.69. The lowest BCUT2D eigenvalue weighted by Gasteiger charge is -2.25. The fraction of sp³-hybridized carbons (Fsp3) is 0.500. The van der Waals surface area contributed by atoms with E-state index in [0.29, 0.717) is 11.6 Å². The Kier molecular flexibility index (Phi) is 1.96. The van der Waals surface area contributed by atoms with Gasteiger partial charge in [-0.1, -0.05) is 6.92 Å². The van der Waals surface area contributed by atoms with Gasteiger partial charge in [0, 0.05) is 11.8 Å². The van der Waals surface area contributed by atoms with Crippen molar-refractivity contribution in [3.05, 3.63) is 23.5 Å². The number of aromatic nitrogens is 1. The second-order valence-corrected chi connectivity index (χ2v) is 3.62. The SMILES string of the molecule is C[C@@H]1CC[C@@H](O)c2nccc(O)c21. The molecule has 1 aliphatic carbocycles. The molecule has 1 aromatic rings. The highest BCUT2D eigenvalue weighted by atomic mass is 16.3. The van der Waals surface area contributed by atoms with E-state index in [2.05, 4.69) is 4.98 Å². The fourth-order valence-corrected chi connectivity index (χ4v) is 1.94. The van der Waals surface area contributed by atoms with E-state index in [-0.39, 0.29) is 5.75 Å². The van der Waals surface area contributed by atoms with E-state index in [9.17, 15) is 10.2 Å². The maximum Gasteiger partial charge on any atom is 0.122 e. The van der Waals surface area contributed by atoms with Crippen molar-refractivity contribution in [3.63, 3.8) is 0 Å². The highest BCUT2D eigenvalue weighted by molar-refractivity contribution is 5.39. The number of fused-ring (bicyclic) bond motifs is 1. The van der Waals surface area contributed by atoms with Crippen LogP contribution in [0.5, 0.6) is 5.75 Å². The van der Waals surface area contributed by atoms with Crippen LogP contribution in [-0.2, 0) is 0 Å². The van der Waals surface area contributed by atoms with E-state index >= 15 is 0 Å². The smallest absolute Gasteiger partial charge is 0.122 e. The molecular formula is C10H13NO2. The summed E-state index contributed by atoms with van der Waals surface area (Å²) in [7, 11) is 0. The van der Waals surface area contributed by atoms with Crippen LogP contribution in [0.15, 0.2) is 12.3 Å². The quantitative estimate of drug-likeness (QED) is 0.637. The van der Waals surface area contributed by atoms with Crippen molar-refractivity contribution in [3.8, 4) is 5.75 Å². The zero-order valence-corrected chi connectivity index (χ0v) is 7.57. The Morgan fingerprint density at radius 3 is 2.92 bits per heavy atom. The van der Waals surface area contributed by atoms with Crippen LogP contribution in [0, 0.1) is 0 Å². The molecule has 0 amide bonds. The molecule has 0 radical (unpaired) electrons. The lowest BCUT2D eigenvalue weighted by molar-refractivity contribution is 0.145. The molecule has 2 N–H and O–H groups in total. The Hall–Kier alpha value is -1.09. The number of aromatic hydroxyl groups is 1. The van der Waals surface area contributed by atoms with E-state index in [1.165, 1.54) is 6.20 Å². The minimum atomic E-state index is -0.502. The molecule has 13 heavy (non-hydrogen) atoms. The summed E-state index contributed by atoms with van der Waals surface area (Å²) >= 11 is 0. The number of pyridine rings is 1. The minimum absolute atomic E-state index is 0.260. The Labute approximate surface area is 77.1 Å². The van der Waals surface area contributed by atoms with Gasteiger partial charge >= 0.3 is 0 Å². The van der Waals surface area contributed by atoms with Crippen molar-refractivity contribution in [2.45, 2.75) is 31.8 Å².